The third-order valence-corrected chi connectivity index (χ3v) is 10.8. The monoisotopic (exact) mass is 770 g/mol. The van der Waals surface area contributed by atoms with E-state index in [9.17, 15) is 19.8 Å². The number of aliphatic carboxylic acids is 1. The predicted octanol–water partition coefficient (Wildman–Crippen LogP) is -1.79. The summed E-state index contributed by atoms with van der Waals surface area (Å²) in [6.07, 6.45) is 9.57. The number of aromatic nitrogens is 3. The molecule has 5 heterocycles. The molecule has 2 aliphatic rings. The number of carboxylic acid groups (broad SMARTS) is 1. The van der Waals surface area contributed by atoms with Crippen molar-refractivity contribution < 1.29 is 62.7 Å². The highest BCUT2D eigenvalue weighted by Gasteiger charge is 2.60. The molecule has 0 unspecified atom stereocenters. The van der Waals surface area contributed by atoms with Gasteiger partial charge in [0, 0.05) is 28.5 Å². The van der Waals surface area contributed by atoms with Gasteiger partial charge in [-0.2, -0.15) is 4.40 Å². The van der Waals surface area contributed by atoms with Crippen molar-refractivity contribution >= 4 is 56.2 Å². The maximum atomic E-state index is 12.8. The van der Waals surface area contributed by atoms with E-state index >= 15 is 0 Å². The van der Waals surface area contributed by atoms with E-state index in [0.29, 0.717) is 12.1 Å². The number of aliphatic hydroxyl groups excluding tert-OH is 1. The van der Waals surface area contributed by atoms with Crippen molar-refractivity contribution in [3.63, 3.8) is 0 Å². The van der Waals surface area contributed by atoms with E-state index in [1.54, 1.807) is 30.0 Å². The molecule has 234 valence electrons. The number of carboxylic acids is 1. The summed E-state index contributed by atoms with van der Waals surface area (Å²) in [6.45, 7) is 5.04. The lowest BCUT2D eigenvalue weighted by atomic mass is 9.77. The van der Waals surface area contributed by atoms with Crippen LogP contribution in [0.4, 0.5) is 0 Å². The van der Waals surface area contributed by atoms with Crippen molar-refractivity contribution in [1.82, 2.24) is 9.47 Å². The molecule has 45 heavy (non-hydrogen) atoms. The Morgan fingerprint density at radius 1 is 1.07 bits per heavy atom. The molecular formula is C33H32Br2N4O4S2. The van der Waals surface area contributed by atoms with Gasteiger partial charge in [-0.15, -0.1) is 0 Å². The van der Waals surface area contributed by atoms with Crippen LogP contribution < -0.4 is 42.9 Å². The van der Waals surface area contributed by atoms with E-state index in [1.807, 2.05) is 13.1 Å². The molecule has 1 saturated heterocycles. The molecular weight excluding hydrogens is 740 g/mol. The van der Waals surface area contributed by atoms with Gasteiger partial charge in [-0.3, -0.25) is 4.79 Å². The van der Waals surface area contributed by atoms with Crippen LogP contribution in [0, 0.1) is 11.8 Å². The van der Waals surface area contributed by atoms with Crippen molar-refractivity contribution in [2.45, 2.75) is 44.1 Å². The third-order valence-electron chi connectivity index (χ3n) is 8.69. The van der Waals surface area contributed by atoms with Crippen molar-refractivity contribution in [3.8, 4) is 0 Å². The SMILES string of the molecule is CSc1c2sc(C3=C(C(=O)O)N4C(=O)[C@H]([C@@H](C)O)[C@@H]4[C@H]3C)c[n+]2cn1Cc1cccc(C[n+]2ccc3ccccc3c2)c1.[Br-].[Br-]. The first kappa shape index (κ1) is 33.3. The zero-order valence-corrected chi connectivity index (χ0v) is 29.6. The van der Waals surface area contributed by atoms with Gasteiger partial charge >= 0.3 is 5.97 Å². The van der Waals surface area contributed by atoms with Gasteiger partial charge in [-0.1, -0.05) is 66.4 Å². The van der Waals surface area contributed by atoms with Gasteiger partial charge in [0.25, 0.3) is 6.33 Å². The molecule has 2 N–H and O–H groups in total. The Balaban J connectivity index is 0.00000200. The van der Waals surface area contributed by atoms with Gasteiger partial charge in [-0.25, -0.2) is 13.9 Å². The molecule has 7 rings (SSSR count). The zero-order valence-electron chi connectivity index (χ0n) is 24.8. The molecule has 1 fully saturated rings. The number of rotatable bonds is 8. The van der Waals surface area contributed by atoms with Crippen molar-refractivity contribution in [2.75, 3.05) is 6.26 Å². The normalized spacial score (nSPS) is 19.7. The molecule has 12 heteroatoms. The van der Waals surface area contributed by atoms with Crippen LogP contribution in [0.15, 0.2) is 90.2 Å². The van der Waals surface area contributed by atoms with Crippen LogP contribution in [0.2, 0.25) is 0 Å². The van der Waals surface area contributed by atoms with Crippen LogP contribution in [0.3, 0.4) is 0 Å². The number of benzene rings is 2. The Labute approximate surface area is 290 Å². The molecule has 8 nitrogen and oxygen atoms in total. The van der Waals surface area contributed by atoms with Crippen LogP contribution in [-0.4, -0.2) is 50.0 Å². The lowest BCUT2D eigenvalue weighted by molar-refractivity contribution is -0.687. The Morgan fingerprint density at radius 2 is 1.80 bits per heavy atom. The van der Waals surface area contributed by atoms with Gasteiger partial charge in [-0.05, 0) is 36.3 Å². The largest absolute Gasteiger partial charge is 1.00 e. The maximum Gasteiger partial charge on any atom is 0.352 e. The number of hydrogen-bond donors (Lipinski definition) is 2. The van der Waals surface area contributed by atoms with E-state index in [2.05, 4.69) is 93.1 Å². The van der Waals surface area contributed by atoms with E-state index < -0.39 is 18.0 Å². The molecule has 4 atom stereocenters. The molecule has 0 aliphatic carbocycles. The number of hydrogen-bond acceptors (Lipinski definition) is 5. The quantitative estimate of drug-likeness (QED) is 0.111. The summed E-state index contributed by atoms with van der Waals surface area (Å²) >= 11 is 3.21. The Kier molecular flexibility index (Phi) is 9.63. The highest BCUT2D eigenvalue weighted by molar-refractivity contribution is 7.98. The molecule has 0 bridgehead atoms. The first-order valence-electron chi connectivity index (χ1n) is 14.3. The van der Waals surface area contributed by atoms with E-state index in [0.717, 1.165) is 21.3 Å². The number of aliphatic hydroxyl groups is 1. The summed E-state index contributed by atoms with van der Waals surface area (Å²) in [5, 5.41) is 23.8. The first-order valence-corrected chi connectivity index (χ1v) is 16.3. The van der Waals surface area contributed by atoms with Crippen LogP contribution in [0.1, 0.15) is 29.9 Å². The number of imidazole rings is 1. The van der Waals surface area contributed by atoms with Crippen LogP contribution in [0.25, 0.3) is 21.2 Å². The Morgan fingerprint density at radius 3 is 2.51 bits per heavy atom. The average molecular weight is 773 g/mol. The molecule has 0 saturated carbocycles. The van der Waals surface area contributed by atoms with Crippen molar-refractivity contribution in [1.29, 1.82) is 0 Å². The van der Waals surface area contributed by atoms with Crippen LogP contribution in [-0.2, 0) is 22.7 Å². The minimum absolute atomic E-state index is 0. The summed E-state index contributed by atoms with van der Waals surface area (Å²) in [5.41, 5.74) is 3.14. The number of amides is 1. The second-order valence-electron chi connectivity index (χ2n) is 11.4. The molecule has 2 aliphatic heterocycles. The fraction of sp³-hybridized carbons (Fsp3) is 0.273. The Hall–Kier alpha value is -3.03. The van der Waals surface area contributed by atoms with E-state index in [1.165, 1.54) is 26.8 Å². The number of carbonyl (C=O) groups is 2. The van der Waals surface area contributed by atoms with Gasteiger partial charge in [0.15, 0.2) is 18.9 Å². The maximum absolute atomic E-state index is 12.8. The number of halogens is 2. The number of pyridine rings is 1. The number of thiazole rings is 1. The fourth-order valence-electron chi connectivity index (χ4n) is 6.78. The first-order chi connectivity index (χ1) is 20.7. The van der Waals surface area contributed by atoms with Crippen molar-refractivity contribution in [3.05, 3.63) is 101 Å². The van der Waals surface area contributed by atoms with Gasteiger partial charge in [0.2, 0.25) is 15.8 Å². The summed E-state index contributed by atoms with van der Waals surface area (Å²) in [4.78, 5) is 28.4. The standard InChI is InChI=1S/C33H31N4O4S2.2BrH/c1-19-26(29(33(40)41)37-28(19)27(20(2)38)30(37)39)25-17-36-18-35(31(42-3)32(36)43-25)15-22-8-6-7-21(13-22)14-34-12-11-23-9-4-5-10-24(23)16-34;;/h4-13,16-20,27-28,38H,14-15H2,1-3H3;2*1H/q+1;;/p-1/t19-,20+,27+,28-;;/m0../s1. The average Bonchev–Trinajstić information content (AvgIpc) is 3.60. The van der Waals surface area contributed by atoms with Crippen LogP contribution >= 0.6 is 23.1 Å². The highest BCUT2D eigenvalue weighted by Crippen LogP contribution is 2.51. The topological polar surface area (TPSA) is 90.8 Å². The fourth-order valence-corrected chi connectivity index (χ4v) is 8.96. The molecule has 1 amide bonds. The summed E-state index contributed by atoms with van der Waals surface area (Å²) < 4.78 is 6.50. The molecule has 2 aromatic carbocycles. The minimum atomic E-state index is -1.11. The number of nitrogens with zero attached hydrogens (tertiary/aromatic N) is 4. The number of fused-ring (bicyclic) bond motifs is 3. The summed E-state index contributed by atoms with van der Waals surface area (Å²) in [6, 6.07) is 18.8. The van der Waals surface area contributed by atoms with Crippen LogP contribution in [0.5, 0.6) is 0 Å². The zero-order chi connectivity index (χ0) is 30.0. The Bertz CT molecular complexity index is 1970. The van der Waals surface area contributed by atoms with Gasteiger partial charge in [0.05, 0.1) is 22.9 Å². The lowest BCUT2D eigenvalue weighted by Crippen LogP contribution is -3.00. The molecule has 0 radical (unpaired) electrons. The number of carbonyl (C=O) groups excluding carboxylic acids is 1. The second-order valence-corrected chi connectivity index (χ2v) is 13.3. The molecule has 0 spiro atoms. The molecule has 5 aromatic rings. The van der Waals surface area contributed by atoms with E-state index in [-0.39, 0.29) is 57.5 Å². The van der Waals surface area contributed by atoms with Gasteiger partial charge < -0.3 is 49.1 Å². The molecule has 3 aromatic heterocycles. The smallest absolute Gasteiger partial charge is 0.352 e. The highest BCUT2D eigenvalue weighted by atomic mass is 79.9. The summed E-state index contributed by atoms with van der Waals surface area (Å²) in [5.74, 6) is -2.19. The van der Waals surface area contributed by atoms with E-state index in [4.69, 9.17) is 0 Å². The van der Waals surface area contributed by atoms with Gasteiger partial charge in [0.1, 0.15) is 18.4 Å². The second kappa shape index (κ2) is 13.0. The minimum Gasteiger partial charge on any atom is -1.00 e. The number of thioether (sulfide) groups is 1. The predicted molar refractivity (Wildman–Crippen MR) is 166 cm³/mol. The number of β-lactam (4-membered cyclic amide) rings is 1. The summed E-state index contributed by atoms with van der Waals surface area (Å²) in [7, 11) is 0. The lowest BCUT2D eigenvalue weighted by Gasteiger charge is -2.46. The third kappa shape index (κ3) is 5.65. The van der Waals surface area contributed by atoms with Crippen molar-refractivity contribution in [2.24, 2.45) is 11.8 Å².